The molecule has 0 unspecified atom stereocenters. The maximum Gasteiger partial charge on any atom is 0.237 e. The summed E-state index contributed by atoms with van der Waals surface area (Å²) in [6, 6.07) is 6.95. The van der Waals surface area contributed by atoms with Gasteiger partial charge in [-0.3, -0.25) is 4.79 Å². The highest BCUT2D eigenvalue weighted by atomic mass is 35.5. The van der Waals surface area contributed by atoms with Crippen molar-refractivity contribution in [2.24, 2.45) is 0 Å². The van der Waals surface area contributed by atoms with Gasteiger partial charge in [-0.05, 0) is 45.0 Å². The molecular weight excluding hydrogens is 334 g/mol. The fourth-order valence-electron chi connectivity index (χ4n) is 1.99. The van der Waals surface area contributed by atoms with E-state index in [0.717, 1.165) is 10.7 Å². The average molecular weight is 352 g/mol. The third-order valence-corrected chi connectivity index (χ3v) is 4.28. The summed E-state index contributed by atoms with van der Waals surface area (Å²) in [7, 11) is 1.55. The number of amides is 1. The minimum atomic E-state index is -0.326. The Balaban J connectivity index is 2.09. The van der Waals surface area contributed by atoms with E-state index in [1.54, 1.807) is 25.3 Å². The van der Waals surface area contributed by atoms with Crippen molar-refractivity contribution in [3.8, 4) is 5.75 Å². The van der Waals surface area contributed by atoms with Crippen LogP contribution in [-0.2, 0) is 4.79 Å². The van der Waals surface area contributed by atoms with Crippen molar-refractivity contribution < 1.29 is 9.53 Å². The van der Waals surface area contributed by atoms with Gasteiger partial charge in [0.15, 0.2) is 0 Å². The highest BCUT2D eigenvalue weighted by molar-refractivity contribution is 8.00. The van der Waals surface area contributed by atoms with Crippen LogP contribution in [0.4, 0.5) is 5.69 Å². The average Bonchev–Trinajstić information content (AvgIpc) is 2.46. The third kappa shape index (κ3) is 4.84. The van der Waals surface area contributed by atoms with Gasteiger partial charge in [-0.25, -0.2) is 9.97 Å². The van der Waals surface area contributed by atoms with Crippen LogP contribution in [-0.4, -0.2) is 28.2 Å². The Bertz CT molecular complexity index is 704. The van der Waals surface area contributed by atoms with Crippen LogP contribution >= 0.6 is 23.4 Å². The van der Waals surface area contributed by atoms with Crippen LogP contribution in [0.25, 0.3) is 0 Å². The van der Waals surface area contributed by atoms with Crippen LogP contribution < -0.4 is 10.1 Å². The maximum absolute atomic E-state index is 12.4. The highest BCUT2D eigenvalue weighted by Gasteiger charge is 2.17. The van der Waals surface area contributed by atoms with Crippen molar-refractivity contribution in [1.82, 2.24) is 9.97 Å². The smallest absolute Gasteiger partial charge is 0.237 e. The first-order valence-corrected chi connectivity index (χ1v) is 8.28. The zero-order chi connectivity index (χ0) is 17.0. The van der Waals surface area contributed by atoms with Crippen molar-refractivity contribution in [3.05, 3.63) is 40.8 Å². The number of ether oxygens (including phenoxy) is 1. The van der Waals surface area contributed by atoms with Gasteiger partial charge in [0.05, 0.1) is 18.0 Å². The SMILES string of the molecule is COc1ccc(Cl)cc1NC(=O)[C@@H](C)Sc1cc(C)nc(C)n1. The van der Waals surface area contributed by atoms with E-state index in [-0.39, 0.29) is 11.2 Å². The van der Waals surface area contributed by atoms with E-state index >= 15 is 0 Å². The molecule has 1 atom stereocenters. The molecule has 2 rings (SSSR count). The molecule has 7 heteroatoms. The van der Waals surface area contributed by atoms with Crippen LogP contribution in [0.5, 0.6) is 5.75 Å². The van der Waals surface area contributed by atoms with Crippen LogP contribution in [0.15, 0.2) is 29.3 Å². The second-order valence-corrected chi connectivity index (χ2v) is 6.79. The van der Waals surface area contributed by atoms with Gasteiger partial charge in [0.2, 0.25) is 5.91 Å². The number of hydrogen-bond donors (Lipinski definition) is 1. The molecular formula is C16H18ClN3O2S. The molecule has 1 aromatic heterocycles. The topological polar surface area (TPSA) is 64.1 Å². The van der Waals surface area contributed by atoms with Gasteiger partial charge >= 0.3 is 0 Å². The lowest BCUT2D eigenvalue weighted by molar-refractivity contribution is -0.115. The van der Waals surface area contributed by atoms with Crippen molar-refractivity contribution in [2.45, 2.75) is 31.0 Å². The second-order valence-electron chi connectivity index (χ2n) is 4.99. The molecule has 0 saturated heterocycles. The summed E-state index contributed by atoms with van der Waals surface area (Å²) in [5.74, 6) is 1.11. The van der Waals surface area contributed by atoms with E-state index in [4.69, 9.17) is 16.3 Å². The van der Waals surface area contributed by atoms with Crippen LogP contribution in [0.3, 0.4) is 0 Å². The Morgan fingerprint density at radius 2 is 2.04 bits per heavy atom. The molecule has 0 aliphatic rings. The van der Waals surface area contributed by atoms with Gasteiger partial charge in [0, 0.05) is 10.7 Å². The Hall–Kier alpha value is -1.79. The molecule has 1 amide bonds. The lowest BCUT2D eigenvalue weighted by Gasteiger charge is -2.14. The molecule has 0 fully saturated rings. The first kappa shape index (κ1) is 17.6. The first-order valence-electron chi connectivity index (χ1n) is 7.02. The predicted molar refractivity (Wildman–Crippen MR) is 93.5 cm³/mol. The van der Waals surface area contributed by atoms with Crippen molar-refractivity contribution in [2.75, 3.05) is 12.4 Å². The molecule has 122 valence electrons. The van der Waals surface area contributed by atoms with Gasteiger partial charge in [0.1, 0.15) is 16.6 Å². The molecule has 0 aliphatic carbocycles. The number of carbonyl (C=O) groups is 1. The number of methoxy groups -OCH3 is 1. The quantitative estimate of drug-likeness (QED) is 0.654. The fourth-order valence-corrected chi connectivity index (χ4v) is 3.11. The number of anilines is 1. The van der Waals surface area contributed by atoms with Crippen molar-refractivity contribution >= 4 is 35.0 Å². The Labute approximate surface area is 144 Å². The first-order chi connectivity index (χ1) is 10.9. The molecule has 0 aliphatic heterocycles. The predicted octanol–water partition coefficient (Wildman–Crippen LogP) is 3.87. The molecule has 1 N–H and O–H groups in total. The lowest BCUT2D eigenvalue weighted by atomic mass is 10.3. The summed E-state index contributed by atoms with van der Waals surface area (Å²) in [5.41, 5.74) is 1.43. The summed E-state index contributed by atoms with van der Waals surface area (Å²) < 4.78 is 5.23. The van der Waals surface area contributed by atoms with Gasteiger partial charge in [-0.15, -0.1) is 0 Å². The van der Waals surface area contributed by atoms with Gasteiger partial charge in [-0.1, -0.05) is 23.4 Å². The number of hydrogen-bond acceptors (Lipinski definition) is 5. The molecule has 2 aromatic rings. The highest BCUT2D eigenvalue weighted by Crippen LogP contribution is 2.29. The van der Waals surface area contributed by atoms with Crippen LogP contribution in [0.2, 0.25) is 5.02 Å². The van der Waals surface area contributed by atoms with Gasteiger partial charge in [-0.2, -0.15) is 0 Å². The van der Waals surface area contributed by atoms with E-state index in [1.165, 1.54) is 11.8 Å². The number of thioether (sulfide) groups is 1. The van der Waals surface area contributed by atoms with E-state index in [2.05, 4.69) is 15.3 Å². The van der Waals surface area contributed by atoms with Crippen molar-refractivity contribution in [3.63, 3.8) is 0 Å². The van der Waals surface area contributed by atoms with E-state index in [0.29, 0.717) is 22.3 Å². The van der Waals surface area contributed by atoms with Crippen LogP contribution in [0.1, 0.15) is 18.4 Å². The summed E-state index contributed by atoms with van der Waals surface area (Å²) in [4.78, 5) is 21.0. The normalized spacial score (nSPS) is 11.9. The Kier molecular flexibility index (Phi) is 5.85. The number of nitrogens with one attached hydrogen (secondary N) is 1. The van der Waals surface area contributed by atoms with Gasteiger partial charge in [0.25, 0.3) is 0 Å². The number of carbonyl (C=O) groups excluding carboxylic acids is 1. The summed E-state index contributed by atoms with van der Waals surface area (Å²) >= 11 is 7.35. The molecule has 5 nitrogen and oxygen atoms in total. The number of nitrogens with zero attached hydrogens (tertiary/aromatic N) is 2. The fraction of sp³-hybridized carbons (Fsp3) is 0.312. The summed E-state index contributed by atoms with van der Waals surface area (Å²) in [6.45, 7) is 5.56. The zero-order valence-corrected chi connectivity index (χ0v) is 15.0. The summed E-state index contributed by atoms with van der Waals surface area (Å²) in [6.07, 6.45) is 0. The Morgan fingerprint density at radius 3 is 2.70 bits per heavy atom. The largest absolute Gasteiger partial charge is 0.495 e. The van der Waals surface area contributed by atoms with E-state index in [9.17, 15) is 4.79 Å². The minimum Gasteiger partial charge on any atom is -0.495 e. The Morgan fingerprint density at radius 1 is 1.30 bits per heavy atom. The lowest BCUT2D eigenvalue weighted by Crippen LogP contribution is -2.23. The molecule has 1 aromatic carbocycles. The zero-order valence-electron chi connectivity index (χ0n) is 13.4. The minimum absolute atomic E-state index is 0.149. The second kappa shape index (κ2) is 7.66. The molecule has 0 saturated carbocycles. The number of aromatic nitrogens is 2. The van der Waals surface area contributed by atoms with Crippen molar-refractivity contribution in [1.29, 1.82) is 0 Å². The van der Waals surface area contributed by atoms with Crippen LogP contribution in [0, 0.1) is 13.8 Å². The number of benzene rings is 1. The summed E-state index contributed by atoms with van der Waals surface area (Å²) in [5, 5.41) is 3.82. The molecule has 1 heterocycles. The van der Waals surface area contributed by atoms with E-state index in [1.807, 2.05) is 26.8 Å². The number of rotatable bonds is 5. The maximum atomic E-state index is 12.4. The molecule has 0 bridgehead atoms. The van der Waals surface area contributed by atoms with Gasteiger partial charge < -0.3 is 10.1 Å². The van der Waals surface area contributed by atoms with E-state index < -0.39 is 0 Å². The standard InChI is InChI=1S/C16H18ClN3O2S/c1-9-7-15(19-11(3)18-9)23-10(2)16(21)20-13-8-12(17)5-6-14(13)22-4/h5-8,10H,1-4H3,(H,20,21)/t10-/m1/s1. The molecule has 23 heavy (non-hydrogen) atoms. The number of halogens is 1. The molecule has 0 radical (unpaired) electrons. The molecule has 0 spiro atoms. The number of aryl methyl sites for hydroxylation is 2. The third-order valence-electron chi connectivity index (χ3n) is 3.03. The monoisotopic (exact) mass is 351 g/mol.